The third kappa shape index (κ3) is 4.77. The number of hydrogen-bond acceptors (Lipinski definition) is 3. The molecule has 0 radical (unpaired) electrons. The standard InChI is InChI=1S/C15H28N2O2/c1-10-6-12(8-15(2,3)7-10)19-9-13(14(16)18)17-11-4-5-11/h10-13,17H,4-9H2,1-3H3,(H2,16,18). The van der Waals surface area contributed by atoms with Crippen LogP contribution in [0.15, 0.2) is 0 Å². The van der Waals surface area contributed by atoms with Crippen LogP contribution in [0.2, 0.25) is 0 Å². The van der Waals surface area contributed by atoms with E-state index in [1.165, 1.54) is 6.42 Å². The fourth-order valence-electron chi connectivity index (χ4n) is 3.36. The van der Waals surface area contributed by atoms with Crippen LogP contribution in [0.5, 0.6) is 0 Å². The van der Waals surface area contributed by atoms with Crippen LogP contribution in [0.3, 0.4) is 0 Å². The van der Waals surface area contributed by atoms with E-state index < -0.39 is 0 Å². The Hall–Kier alpha value is -0.610. The molecular weight excluding hydrogens is 240 g/mol. The molecule has 2 saturated carbocycles. The summed E-state index contributed by atoms with van der Waals surface area (Å²) in [7, 11) is 0. The highest BCUT2D eigenvalue weighted by molar-refractivity contribution is 5.80. The minimum Gasteiger partial charge on any atom is -0.376 e. The highest BCUT2D eigenvalue weighted by atomic mass is 16.5. The summed E-state index contributed by atoms with van der Waals surface area (Å²) in [4.78, 5) is 11.4. The number of carbonyl (C=O) groups excluding carboxylic acids is 1. The molecule has 3 N–H and O–H groups in total. The minimum absolute atomic E-state index is 0.265. The van der Waals surface area contributed by atoms with Crippen molar-refractivity contribution in [1.82, 2.24) is 5.32 Å². The van der Waals surface area contributed by atoms with Crippen molar-refractivity contribution in [2.24, 2.45) is 17.1 Å². The summed E-state index contributed by atoms with van der Waals surface area (Å²) in [6.07, 6.45) is 5.99. The van der Waals surface area contributed by atoms with Crippen molar-refractivity contribution in [3.05, 3.63) is 0 Å². The van der Waals surface area contributed by atoms with E-state index in [0.29, 0.717) is 24.0 Å². The monoisotopic (exact) mass is 268 g/mol. The lowest BCUT2D eigenvalue weighted by Crippen LogP contribution is -2.47. The number of amides is 1. The second kappa shape index (κ2) is 5.80. The predicted molar refractivity (Wildman–Crippen MR) is 75.7 cm³/mol. The first-order chi connectivity index (χ1) is 8.85. The number of primary amides is 1. The van der Waals surface area contributed by atoms with E-state index in [9.17, 15) is 4.79 Å². The molecule has 1 amide bonds. The maximum Gasteiger partial charge on any atom is 0.236 e. The average molecular weight is 268 g/mol. The van der Waals surface area contributed by atoms with E-state index in [1.54, 1.807) is 0 Å². The van der Waals surface area contributed by atoms with Gasteiger partial charge in [-0.25, -0.2) is 0 Å². The van der Waals surface area contributed by atoms with Crippen molar-refractivity contribution in [1.29, 1.82) is 0 Å². The van der Waals surface area contributed by atoms with Gasteiger partial charge < -0.3 is 15.8 Å². The van der Waals surface area contributed by atoms with Gasteiger partial charge in [-0.2, -0.15) is 0 Å². The van der Waals surface area contributed by atoms with Gasteiger partial charge >= 0.3 is 0 Å². The Kier molecular flexibility index (Phi) is 4.51. The van der Waals surface area contributed by atoms with Crippen LogP contribution in [0.4, 0.5) is 0 Å². The number of nitrogens with one attached hydrogen (secondary N) is 1. The van der Waals surface area contributed by atoms with E-state index in [1.807, 2.05) is 0 Å². The summed E-state index contributed by atoms with van der Waals surface area (Å²) in [6.45, 7) is 7.30. The summed E-state index contributed by atoms with van der Waals surface area (Å²) in [5.74, 6) is 0.396. The number of hydrogen-bond donors (Lipinski definition) is 2. The predicted octanol–water partition coefficient (Wildman–Crippen LogP) is 1.82. The van der Waals surface area contributed by atoms with Crippen molar-refractivity contribution in [3.63, 3.8) is 0 Å². The van der Waals surface area contributed by atoms with Crippen LogP contribution in [0, 0.1) is 11.3 Å². The molecule has 0 bridgehead atoms. The van der Waals surface area contributed by atoms with Crippen molar-refractivity contribution >= 4 is 5.91 Å². The van der Waals surface area contributed by atoms with Gasteiger partial charge in [-0.15, -0.1) is 0 Å². The number of rotatable bonds is 6. The highest BCUT2D eigenvalue weighted by Gasteiger charge is 2.34. The Morgan fingerprint density at radius 2 is 2.11 bits per heavy atom. The summed E-state index contributed by atoms with van der Waals surface area (Å²) >= 11 is 0. The highest BCUT2D eigenvalue weighted by Crippen LogP contribution is 2.39. The molecule has 0 aromatic rings. The number of ether oxygens (including phenoxy) is 1. The van der Waals surface area contributed by atoms with E-state index >= 15 is 0 Å². The van der Waals surface area contributed by atoms with Crippen LogP contribution in [0.1, 0.15) is 52.9 Å². The number of nitrogens with two attached hydrogens (primary N) is 1. The SMILES string of the molecule is CC1CC(OCC(NC2CC2)C(N)=O)CC(C)(C)C1. The van der Waals surface area contributed by atoms with Crippen molar-refractivity contribution in [2.45, 2.75) is 71.1 Å². The lowest BCUT2D eigenvalue weighted by Gasteiger charge is -2.39. The van der Waals surface area contributed by atoms with Gasteiger partial charge in [0.15, 0.2) is 0 Å². The zero-order chi connectivity index (χ0) is 14.0. The van der Waals surface area contributed by atoms with Gasteiger partial charge in [-0.1, -0.05) is 20.8 Å². The van der Waals surface area contributed by atoms with Crippen molar-refractivity contribution in [3.8, 4) is 0 Å². The van der Waals surface area contributed by atoms with Crippen LogP contribution >= 0.6 is 0 Å². The second-order valence-electron chi connectivity index (χ2n) is 7.26. The maximum atomic E-state index is 11.4. The summed E-state index contributed by atoms with van der Waals surface area (Å²) in [5, 5.41) is 3.26. The normalized spacial score (nSPS) is 31.9. The average Bonchev–Trinajstić information content (AvgIpc) is 3.04. The topological polar surface area (TPSA) is 64.3 Å². The Labute approximate surface area is 116 Å². The van der Waals surface area contributed by atoms with E-state index in [4.69, 9.17) is 10.5 Å². The number of carbonyl (C=O) groups is 1. The summed E-state index contributed by atoms with van der Waals surface area (Å²) in [5.41, 5.74) is 5.77. The third-order valence-corrected chi connectivity index (χ3v) is 4.20. The second-order valence-corrected chi connectivity index (χ2v) is 7.26. The Bertz CT molecular complexity index is 326. The van der Waals surface area contributed by atoms with Crippen LogP contribution < -0.4 is 11.1 Å². The van der Waals surface area contributed by atoms with Crippen molar-refractivity contribution in [2.75, 3.05) is 6.61 Å². The maximum absolute atomic E-state index is 11.4. The van der Waals surface area contributed by atoms with Gasteiger partial charge in [0, 0.05) is 6.04 Å². The smallest absolute Gasteiger partial charge is 0.236 e. The molecule has 3 unspecified atom stereocenters. The van der Waals surface area contributed by atoms with Gasteiger partial charge in [0.25, 0.3) is 0 Å². The van der Waals surface area contributed by atoms with Gasteiger partial charge in [-0.3, -0.25) is 4.79 Å². The Balaban J connectivity index is 1.80. The van der Waals surface area contributed by atoms with Crippen LogP contribution in [0.25, 0.3) is 0 Å². The largest absolute Gasteiger partial charge is 0.376 e. The van der Waals surface area contributed by atoms with Gasteiger partial charge in [0.05, 0.1) is 12.7 Å². The molecule has 0 spiro atoms. The quantitative estimate of drug-likeness (QED) is 0.772. The van der Waals surface area contributed by atoms with Crippen LogP contribution in [-0.2, 0) is 9.53 Å². The fourth-order valence-corrected chi connectivity index (χ4v) is 3.36. The molecule has 0 saturated heterocycles. The molecule has 4 heteroatoms. The van der Waals surface area contributed by atoms with Crippen molar-refractivity contribution < 1.29 is 9.53 Å². The molecule has 3 atom stereocenters. The van der Waals surface area contributed by atoms with Gasteiger partial charge in [0.1, 0.15) is 6.04 Å². The minimum atomic E-state index is -0.326. The molecule has 19 heavy (non-hydrogen) atoms. The molecule has 2 fully saturated rings. The zero-order valence-electron chi connectivity index (χ0n) is 12.4. The Morgan fingerprint density at radius 1 is 1.42 bits per heavy atom. The molecule has 2 aliphatic carbocycles. The van der Waals surface area contributed by atoms with E-state index in [0.717, 1.165) is 25.7 Å². The first kappa shape index (κ1) is 14.8. The summed E-state index contributed by atoms with van der Waals surface area (Å²) in [6, 6.07) is 0.149. The van der Waals surface area contributed by atoms with Crippen LogP contribution in [-0.4, -0.2) is 30.7 Å². The lowest BCUT2D eigenvalue weighted by molar-refractivity contribution is -0.123. The molecule has 0 aliphatic heterocycles. The molecule has 2 aliphatic rings. The fraction of sp³-hybridized carbons (Fsp3) is 0.933. The molecule has 110 valence electrons. The van der Waals surface area contributed by atoms with Gasteiger partial charge in [-0.05, 0) is 43.4 Å². The summed E-state index contributed by atoms with van der Waals surface area (Å²) < 4.78 is 5.98. The lowest BCUT2D eigenvalue weighted by atomic mass is 9.71. The van der Waals surface area contributed by atoms with E-state index in [-0.39, 0.29) is 18.1 Å². The first-order valence-corrected chi connectivity index (χ1v) is 7.53. The Morgan fingerprint density at radius 3 is 2.63 bits per heavy atom. The van der Waals surface area contributed by atoms with Gasteiger partial charge in [0.2, 0.25) is 5.91 Å². The molecule has 2 rings (SSSR count). The first-order valence-electron chi connectivity index (χ1n) is 7.53. The molecular formula is C15H28N2O2. The van der Waals surface area contributed by atoms with E-state index in [2.05, 4.69) is 26.1 Å². The molecule has 0 aromatic carbocycles. The molecule has 0 aromatic heterocycles. The zero-order valence-corrected chi connectivity index (χ0v) is 12.4. The molecule has 0 heterocycles. The third-order valence-electron chi connectivity index (χ3n) is 4.20. The molecule has 4 nitrogen and oxygen atoms in total.